The van der Waals surface area contributed by atoms with Crippen molar-refractivity contribution >= 4 is 51.0 Å². The maximum Gasteiger partial charge on any atom is 0.315 e. The van der Waals surface area contributed by atoms with E-state index in [1.807, 2.05) is 6.07 Å². The number of phenolic OH excluding ortho intramolecular Hbond substituents is 1. The summed E-state index contributed by atoms with van der Waals surface area (Å²) in [7, 11) is 1.34. The second-order valence-corrected chi connectivity index (χ2v) is 6.34. The van der Waals surface area contributed by atoms with Crippen molar-refractivity contribution < 1.29 is 14.8 Å². The number of hydrogen-bond donors (Lipinski definition) is 1. The number of phenols is 1. The topological polar surface area (TPSA) is 85.5 Å². The molecule has 0 aliphatic rings. The minimum atomic E-state index is -0.658. The Morgan fingerprint density at radius 3 is 2.83 bits per heavy atom. The molecule has 1 heterocycles. The van der Waals surface area contributed by atoms with Crippen molar-refractivity contribution in [2.45, 2.75) is 0 Å². The van der Waals surface area contributed by atoms with Crippen LogP contribution in [-0.4, -0.2) is 22.1 Å². The summed E-state index contributed by atoms with van der Waals surface area (Å²) in [4.78, 5) is 14.8. The Morgan fingerprint density at radius 1 is 1.33 bits per heavy atom. The first-order valence-electron chi connectivity index (χ1n) is 6.77. The third-order valence-electron chi connectivity index (χ3n) is 3.28. The zero-order valence-corrected chi connectivity index (χ0v) is 14.0. The summed E-state index contributed by atoms with van der Waals surface area (Å²) >= 11 is 7.42. The number of aromatic hydroxyl groups is 1. The highest BCUT2D eigenvalue weighted by atomic mass is 35.5. The van der Waals surface area contributed by atoms with E-state index in [1.165, 1.54) is 30.6 Å². The second kappa shape index (κ2) is 6.46. The molecule has 3 aromatic rings. The van der Waals surface area contributed by atoms with Crippen molar-refractivity contribution in [3.63, 3.8) is 0 Å². The molecular weight excluding hydrogens is 352 g/mol. The van der Waals surface area contributed by atoms with Crippen LogP contribution in [0.1, 0.15) is 10.6 Å². The Bertz CT molecular complexity index is 968. The Hall–Kier alpha value is -2.64. The normalized spacial score (nSPS) is 11.2. The number of nitro groups is 1. The van der Waals surface area contributed by atoms with E-state index in [4.69, 9.17) is 16.3 Å². The number of nitro benzene ring substituents is 1. The SMILES string of the molecule is COc1cc(C=Cc2nc3cc(Cl)ccc3s2)cc([N+](=O)[O-])c1O. The zero-order chi connectivity index (χ0) is 17.3. The van der Waals surface area contributed by atoms with Gasteiger partial charge in [0.05, 0.1) is 22.2 Å². The number of ether oxygens (including phenoxy) is 1. The third kappa shape index (κ3) is 3.17. The molecule has 0 radical (unpaired) electrons. The first-order chi connectivity index (χ1) is 11.5. The lowest BCUT2D eigenvalue weighted by Crippen LogP contribution is -1.93. The molecule has 0 saturated carbocycles. The number of thiazole rings is 1. The maximum absolute atomic E-state index is 11.0. The summed E-state index contributed by atoms with van der Waals surface area (Å²) in [5.74, 6) is -0.450. The van der Waals surface area contributed by atoms with Crippen molar-refractivity contribution in [2.24, 2.45) is 0 Å². The molecule has 0 atom stereocenters. The minimum Gasteiger partial charge on any atom is -0.500 e. The van der Waals surface area contributed by atoms with E-state index < -0.39 is 16.4 Å². The Kier molecular flexibility index (Phi) is 4.37. The summed E-state index contributed by atoms with van der Waals surface area (Å²) in [5.41, 5.74) is 0.903. The fourth-order valence-electron chi connectivity index (χ4n) is 2.16. The standard InChI is InChI=1S/C16H11ClN2O4S/c1-23-13-7-9(6-12(16(13)20)19(21)22)2-5-15-18-11-8-10(17)3-4-14(11)24-15/h2-8,20H,1H3. The molecule has 3 rings (SSSR count). The van der Waals surface area contributed by atoms with E-state index in [1.54, 1.807) is 24.3 Å². The van der Waals surface area contributed by atoms with Gasteiger partial charge in [-0.25, -0.2) is 4.98 Å². The average Bonchev–Trinajstić information content (AvgIpc) is 2.95. The van der Waals surface area contributed by atoms with Crippen LogP contribution in [0.2, 0.25) is 5.02 Å². The van der Waals surface area contributed by atoms with Crippen LogP contribution in [0.25, 0.3) is 22.4 Å². The molecule has 0 saturated heterocycles. The van der Waals surface area contributed by atoms with Gasteiger partial charge in [0.2, 0.25) is 5.75 Å². The summed E-state index contributed by atoms with van der Waals surface area (Å²) < 4.78 is 5.97. The molecule has 0 amide bonds. The highest BCUT2D eigenvalue weighted by Gasteiger charge is 2.19. The van der Waals surface area contributed by atoms with Crippen molar-refractivity contribution in [3.05, 3.63) is 56.0 Å². The zero-order valence-electron chi connectivity index (χ0n) is 12.4. The van der Waals surface area contributed by atoms with Crippen LogP contribution in [0.15, 0.2) is 30.3 Å². The lowest BCUT2D eigenvalue weighted by Gasteiger charge is -2.05. The van der Waals surface area contributed by atoms with Crippen molar-refractivity contribution in [1.82, 2.24) is 4.98 Å². The molecule has 2 aromatic carbocycles. The molecule has 6 nitrogen and oxygen atoms in total. The predicted molar refractivity (Wildman–Crippen MR) is 94.9 cm³/mol. The lowest BCUT2D eigenvalue weighted by molar-refractivity contribution is -0.386. The molecule has 0 spiro atoms. The van der Waals surface area contributed by atoms with Gasteiger partial charge in [-0.3, -0.25) is 10.1 Å². The molecule has 0 aliphatic heterocycles. The fraction of sp³-hybridized carbons (Fsp3) is 0.0625. The molecule has 0 unspecified atom stereocenters. The van der Waals surface area contributed by atoms with E-state index in [2.05, 4.69) is 4.98 Å². The van der Waals surface area contributed by atoms with Crippen molar-refractivity contribution in [2.75, 3.05) is 7.11 Å². The lowest BCUT2D eigenvalue weighted by atomic mass is 10.1. The molecule has 0 aliphatic carbocycles. The van der Waals surface area contributed by atoms with Gasteiger partial charge in [0, 0.05) is 11.1 Å². The predicted octanol–water partition coefficient (Wildman–Crippen LogP) is 4.74. The quantitative estimate of drug-likeness (QED) is 0.535. The van der Waals surface area contributed by atoms with Crippen LogP contribution in [0, 0.1) is 10.1 Å². The number of fused-ring (bicyclic) bond motifs is 1. The molecule has 122 valence electrons. The number of nitrogens with zero attached hydrogens (tertiary/aromatic N) is 2. The third-order valence-corrected chi connectivity index (χ3v) is 4.52. The Morgan fingerprint density at radius 2 is 2.12 bits per heavy atom. The van der Waals surface area contributed by atoms with Gasteiger partial charge in [-0.05, 0) is 35.9 Å². The van der Waals surface area contributed by atoms with Crippen LogP contribution in [0.5, 0.6) is 11.5 Å². The van der Waals surface area contributed by atoms with Crippen LogP contribution in [-0.2, 0) is 0 Å². The van der Waals surface area contributed by atoms with E-state index in [0.29, 0.717) is 10.6 Å². The fourth-order valence-corrected chi connectivity index (χ4v) is 3.18. The van der Waals surface area contributed by atoms with Gasteiger partial charge in [-0.2, -0.15) is 0 Å². The highest BCUT2D eigenvalue weighted by molar-refractivity contribution is 7.19. The molecule has 1 aromatic heterocycles. The van der Waals surface area contributed by atoms with Crippen molar-refractivity contribution in [1.29, 1.82) is 0 Å². The van der Waals surface area contributed by atoms with Gasteiger partial charge in [0.1, 0.15) is 5.01 Å². The summed E-state index contributed by atoms with van der Waals surface area (Å²) in [5, 5.41) is 22.1. The molecule has 1 N–H and O–H groups in total. The molecular formula is C16H11ClN2O4S. The van der Waals surface area contributed by atoms with Gasteiger partial charge in [0.15, 0.2) is 5.75 Å². The van der Waals surface area contributed by atoms with Gasteiger partial charge in [0.25, 0.3) is 0 Å². The number of rotatable bonds is 4. The number of halogens is 1. The number of benzene rings is 2. The molecule has 24 heavy (non-hydrogen) atoms. The summed E-state index contributed by atoms with van der Waals surface area (Å²) in [6, 6.07) is 8.26. The monoisotopic (exact) mass is 362 g/mol. The van der Waals surface area contributed by atoms with Gasteiger partial charge < -0.3 is 9.84 Å². The van der Waals surface area contributed by atoms with Gasteiger partial charge in [-0.1, -0.05) is 17.7 Å². The van der Waals surface area contributed by atoms with Crippen LogP contribution in [0.3, 0.4) is 0 Å². The first kappa shape index (κ1) is 16.2. The molecule has 0 fully saturated rings. The first-order valence-corrected chi connectivity index (χ1v) is 7.97. The highest BCUT2D eigenvalue weighted by Crippen LogP contribution is 2.37. The summed E-state index contributed by atoms with van der Waals surface area (Å²) in [6.07, 6.45) is 3.42. The molecule has 8 heteroatoms. The van der Waals surface area contributed by atoms with Crippen LogP contribution in [0.4, 0.5) is 5.69 Å². The Balaban J connectivity index is 1.98. The number of methoxy groups -OCH3 is 1. The van der Waals surface area contributed by atoms with Gasteiger partial charge in [-0.15, -0.1) is 11.3 Å². The minimum absolute atomic E-state index is 0.0416. The average molecular weight is 363 g/mol. The Labute approximate surface area is 145 Å². The van der Waals surface area contributed by atoms with E-state index in [-0.39, 0.29) is 5.75 Å². The van der Waals surface area contributed by atoms with Crippen LogP contribution >= 0.6 is 22.9 Å². The van der Waals surface area contributed by atoms with E-state index in [9.17, 15) is 15.2 Å². The molecule has 0 bridgehead atoms. The van der Waals surface area contributed by atoms with E-state index >= 15 is 0 Å². The number of aromatic nitrogens is 1. The van der Waals surface area contributed by atoms with Crippen molar-refractivity contribution in [3.8, 4) is 11.5 Å². The van der Waals surface area contributed by atoms with Crippen LogP contribution < -0.4 is 4.74 Å². The van der Waals surface area contributed by atoms with Gasteiger partial charge >= 0.3 is 5.69 Å². The largest absolute Gasteiger partial charge is 0.500 e. The number of hydrogen-bond acceptors (Lipinski definition) is 6. The smallest absolute Gasteiger partial charge is 0.315 e. The van der Waals surface area contributed by atoms with E-state index in [0.717, 1.165) is 15.2 Å². The second-order valence-electron chi connectivity index (χ2n) is 4.85. The summed E-state index contributed by atoms with van der Waals surface area (Å²) in [6.45, 7) is 0. The maximum atomic E-state index is 11.0.